The van der Waals surface area contributed by atoms with Crippen molar-refractivity contribution in [2.45, 2.75) is 19.3 Å². The zero-order valence-corrected chi connectivity index (χ0v) is 14.3. The van der Waals surface area contributed by atoms with Crippen LogP contribution in [0.1, 0.15) is 17.0 Å². The monoisotopic (exact) mass is 414 g/mol. The molecule has 0 aliphatic rings. The smallest absolute Gasteiger partial charge is 0.138 e. The summed E-state index contributed by atoms with van der Waals surface area (Å²) in [4.78, 5) is 4.51. The third-order valence-electron chi connectivity index (χ3n) is 3.41. The summed E-state index contributed by atoms with van der Waals surface area (Å²) in [5, 5.41) is 0. The minimum atomic E-state index is -0.227. The van der Waals surface area contributed by atoms with Gasteiger partial charge in [-0.15, -0.1) is 11.6 Å². The predicted molar refractivity (Wildman–Crippen MR) is 92.2 cm³/mol. The van der Waals surface area contributed by atoms with Crippen LogP contribution in [0.3, 0.4) is 0 Å². The number of benzene rings is 2. The van der Waals surface area contributed by atoms with Gasteiger partial charge in [-0.25, -0.2) is 9.37 Å². The van der Waals surface area contributed by atoms with E-state index in [2.05, 4.69) is 30.1 Å². The maximum atomic E-state index is 13.9. The number of alkyl halides is 1. The lowest BCUT2D eigenvalue weighted by atomic mass is 10.1. The van der Waals surface area contributed by atoms with Gasteiger partial charge < -0.3 is 4.57 Å². The fourth-order valence-electron chi connectivity index (χ4n) is 2.44. The van der Waals surface area contributed by atoms with Gasteiger partial charge in [-0.05, 0) is 41.1 Å². The molecule has 2 aromatic carbocycles. The number of aryl methyl sites for hydroxylation is 1. The molecule has 0 atom stereocenters. The molecule has 0 saturated heterocycles. The van der Waals surface area contributed by atoms with Crippen molar-refractivity contribution in [1.29, 1.82) is 0 Å². The number of imidazole rings is 1. The maximum Gasteiger partial charge on any atom is 0.138 e. The van der Waals surface area contributed by atoms with Crippen LogP contribution < -0.4 is 0 Å². The van der Waals surface area contributed by atoms with E-state index in [1.54, 1.807) is 6.07 Å². The number of nitrogens with zero attached hydrogens (tertiary/aromatic N) is 2. The standard InChI is InChI=1S/C16H13ClFIN2/c1-10-3-2-4-11(5-10)9-21-15-6-12(18)13(19)7-14(15)20-16(21)8-17/h2-7H,8-9H2,1H3. The highest BCUT2D eigenvalue weighted by Crippen LogP contribution is 2.24. The van der Waals surface area contributed by atoms with Gasteiger partial charge in [0.05, 0.1) is 20.5 Å². The Morgan fingerprint density at radius 1 is 1.29 bits per heavy atom. The Kier molecular flexibility index (Phi) is 4.17. The van der Waals surface area contributed by atoms with Crippen LogP contribution in [0.4, 0.5) is 4.39 Å². The Hall–Kier alpha value is -1.14. The molecule has 0 bridgehead atoms. The summed E-state index contributed by atoms with van der Waals surface area (Å²) in [7, 11) is 0. The van der Waals surface area contributed by atoms with Crippen molar-refractivity contribution in [1.82, 2.24) is 9.55 Å². The van der Waals surface area contributed by atoms with Crippen molar-refractivity contribution < 1.29 is 4.39 Å². The van der Waals surface area contributed by atoms with Crippen LogP contribution in [0.5, 0.6) is 0 Å². The second-order valence-electron chi connectivity index (χ2n) is 4.99. The molecular formula is C16H13ClFIN2. The summed E-state index contributed by atoms with van der Waals surface area (Å²) >= 11 is 7.98. The number of halogens is 3. The summed E-state index contributed by atoms with van der Waals surface area (Å²) in [5.41, 5.74) is 3.92. The fraction of sp³-hybridized carbons (Fsp3) is 0.188. The first-order valence-electron chi connectivity index (χ1n) is 6.54. The van der Waals surface area contributed by atoms with Gasteiger partial charge in [-0.2, -0.15) is 0 Å². The molecule has 0 aliphatic heterocycles. The molecule has 5 heteroatoms. The van der Waals surface area contributed by atoms with Crippen LogP contribution in [0.2, 0.25) is 0 Å². The molecule has 3 aromatic rings. The minimum Gasteiger partial charge on any atom is -0.322 e. The molecule has 3 rings (SSSR count). The summed E-state index contributed by atoms with van der Waals surface area (Å²) in [6.45, 7) is 2.69. The van der Waals surface area contributed by atoms with Crippen LogP contribution in [-0.4, -0.2) is 9.55 Å². The number of hydrogen-bond acceptors (Lipinski definition) is 1. The molecule has 0 spiro atoms. The van der Waals surface area contributed by atoms with Crippen LogP contribution in [0.25, 0.3) is 11.0 Å². The quantitative estimate of drug-likeness (QED) is 0.441. The highest BCUT2D eigenvalue weighted by Gasteiger charge is 2.13. The predicted octanol–water partition coefficient (Wildman–Crippen LogP) is 4.88. The first-order valence-corrected chi connectivity index (χ1v) is 8.15. The van der Waals surface area contributed by atoms with Crippen molar-refractivity contribution in [3.05, 3.63) is 62.7 Å². The lowest BCUT2D eigenvalue weighted by Gasteiger charge is -2.09. The Bertz CT molecular complexity index is 813. The molecular weight excluding hydrogens is 402 g/mol. The van der Waals surface area contributed by atoms with E-state index < -0.39 is 0 Å². The van der Waals surface area contributed by atoms with Gasteiger partial charge in [0.25, 0.3) is 0 Å². The van der Waals surface area contributed by atoms with E-state index in [0.717, 1.165) is 22.4 Å². The van der Waals surface area contributed by atoms with Gasteiger partial charge in [-0.3, -0.25) is 0 Å². The van der Waals surface area contributed by atoms with Crippen molar-refractivity contribution >= 4 is 45.2 Å². The molecule has 0 radical (unpaired) electrons. The van der Waals surface area contributed by atoms with Gasteiger partial charge in [0, 0.05) is 12.6 Å². The lowest BCUT2D eigenvalue weighted by Crippen LogP contribution is -2.04. The van der Waals surface area contributed by atoms with E-state index in [-0.39, 0.29) is 5.82 Å². The molecule has 0 unspecified atom stereocenters. The highest BCUT2D eigenvalue weighted by atomic mass is 127. The van der Waals surface area contributed by atoms with Crippen LogP contribution in [0.15, 0.2) is 36.4 Å². The number of hydrogen-bond donors (Lipinski definition) is 0. The number of aromatic nitrogens is 2. The zero-order valence-electron chi connectivity index (χ0n) is 11.4. The van der Waals surface area contributed by atoms with Crippen molar-refractivity contribution in [3.8, 4) is 0 Å². The van der Waals surface area contributed by atoms with Gasteiger partial charge >= 0.3 is 0 Å². The Morgan fingerprint density at radius 3 is 2.81 bits per heavy atom. The lowest BCUT2D eigenvalue weighted by molar-refractivity contribution is 0.621. The van der Waals surface area contributed by atoms with Crippen LogP contribution in [0, 0.1) is 16.3 Å². The molecule has 21 heavy (non-hydrogen) atoms. The molecule has 1 aromatic heterocycles. The second kappa shape index (κ2) is 5.93. The fourth-order valence-corrected chi connectivity index (χ4v) is 3.10. The average molecular weight is 415 g/mol. The van der Waals surface area contributed by atoms with E-state index >= 15 is 0 Å². The molecule has 0 fully saturated rings. The Morgan fingerprint density at radius 2 is 2.10 bits per heavy atom. The van der Waals surface area contributed by atoms with Crippen molar-refractivity contribution in [3.63, 3.8) is 0 Å². The Labute approximate surface area is 141 Å². The third-order valence-corrected chi connectivity index (χ3v) is 4.48. The van der Waals surface area contributed by atoms with E-state index in [9.17, 15) is 4.39 Å². The van der Waals surface area contributed by atoms with Gasteiger partial charge in [0.15, 0.2) is 0 Å². The van der Waals surface area contributed by atoms with Gasteiger partial charge in [0.2, 0.25) is 0 Å². The van der Waals surface area contributed by atoms with Crippen molar-refractivity contribution in [2.75, 3.05) is 0 Å². The second-order valence-corrected chi connectivity index (χ2v) is 6.42. The third kappa shape index (κ3) is 2.92. The van der Waals surface area contributed by atoms with Gasteiger partial charge in [0.1, 0.15) is 11.6 Å². The highest BCUT2D eigenvalue weighted by molar-refractivity contribution is 14.1. The van der Waals surface area contributed by atoms with Crippen LogP contribution >= 0.6 is 34.2 Å². The SMILES string of the molecule is Cc1cccc(Cn2c(CCl)nc3cc(I)c(F)cc32)c1. The molecule has 1 heterocycles. The molecule has 2 nitrogen and oxygen atoms in total. The number of fused-ring (bicyclic) bond motifs is 1. The summed E-state index contributed by atoms with van der Waals surface area (Å²) in [5.74, 6) is 0.836. The number of rotatable bonds is 3. The van der Waals surface area contributed by atoms with Gasteiger partial charge in [-0.1, -0.05) is 29.8 Å². The Balaban J connectivity index is 2.14. The normalized spacial score (nSPS) is 11.2. The first kappa shape index (κ1) is 14.8. The summed E-state index contributed by atoms with van der Waals surface area (Å²) < 4.78 is 16.4. The van der Waals surface area contributed by atoms with Crippen LogP contribution in [-0.2, 0) is 12.4 Å². The van der Waals surface area contributed by atoms with E-state index in [0.29, 0.717) is 16.0 Å². The molecule has 0 aliphatic carbocycles. The maximum absolute atomic E-state index is 13.9. The minimum absolute atomic E-state index is 0.227. The first-order chi connectivity index (χ1) is 10.1. The average Bonchev–Trinajstić information content (AvgIpc) is 2.77. The van der Waals surface area contributed by atoms with Crippen molar-refractivity contribution in [2.24, 2.45) is 0 Å². The molecule has 0 amide bonds. The molecule has 108 valence electrons. The van der Waals surface area contributed by atoms with E-state index in [4.69, 9.17) is 11.6 Å². The van der Waals surface area contributed by atoms with E-state index in [1.165, 1.54) is 11.6 Å². The van der Waals surface area contributed by atoms with E-state index in [1.807, 2.05) is 33.2 Å². The summed E-state index contributed by atoms with van der Waals surface area (Å²) in [6.07, 6.45) is 0. The summed E-state index contributed by atoms with van der Waals surface area (Å²) in [6, 6.07) is 11.5. The topological polar surface area (TPSA) is 17.8 Å². The molecule has 0 saturated carbocycles. The largest absolute Gasteiger partial charge is 0.322 e. The molecule has 0 N–H and O–H groups in total. The zero-order chi connectivity index (χ0) is 15.0.